The Balaban J connectivity index is 1.28. The molecule has 0 spiro atoms. The number of nitrogens with one attached hydrogen (secondary N) is 1. The number of benzene rings is 1. The number of hydrogen-bond acceptors (Lipinski definition) is 14. The summed E-state index contributed by atoms with van der Waals surface area (Å²) in [5.74, 6) is -0.0927. The molecule has 2 heterocycles. The Labute approximate surface area is 437 Å². The minimum atomic E-state index is -4.59. The Bertz CT molecular complexity index is 1890. The Morgan fingerprint density at radius 1 is 0.589 bits per heavy atom. The molecule has 0 bridgehead atoms. The molecule has 2 N–H and O–H groups in total. The fourth-order valence-corrected chi connectivity index (χ4v) is 9.19. The van der Waals surface area contributed by atoms with Crippen molar-refractivity contribution < 1.29 is 42.4 Å². The summed E-state index contributed by atoms with van der Waals surface area (Å²) in [5, 5.41) is 27.9. The number of phosphoric acid groups is 1. The summed E-state index contributed by atoms with van der Waals surface area (Å²) in [6, 6.07) is 9.56. The normalized spacial score (nSPS) is 12.6. The third-order valence-electron chi connectivity index (χ3n) is 12.8. The SMILES string of the molecule is CCCCCCCCCCCCCCCC(=O)OCC(COP(=O)(O)OCCNC(=O)CCCCCn1cc(CCc2nnc(-c3ccccc3)nn2)nn1)OC(=O)CCCCCCCCCCCCCCC. The van der Waals surface area contributed by atoms with Gasteiger partial charge in [0.15, 0.2) is 11.9 Å². The van der Waals surface area contributed by atoms with Crippen LogP contribution in [0.25, 0.3) is 11.4 Å². The quantitative estimate of drug-likeness (QED) is 0.0305. The molecule has 1 amide bonds. The summed E-state index contributed by atoms with van der Waals surface area (Å²) in [4.78, 5) is 48.4. The number of esters is 2. The highest BCUT2D eigenvalue weighted by Gasteiger charge is 2.26. The lowest BCUT2D eigenvalue weighted by molar-refractivity contribution is -0.161. The zero-order valence-electron chi connectivity index (χ0n) is 44.9. The van der Waals surface area contributed by atoms with E-state index in [0.717, 1.165) is 62.6 Å². The maximum absolute atomic E-state index is 12.9. The second kappa shape index (κ2) is 42.1. The zero-order chi connectivity index (χ0) is 52.3. The summed E-state index contributed by atoms with van der Waals surface area (Å²) in [6.07, 6.45) is 36.0. The predicted molar refractivity (Wildman–Crippen MR) is 285 cm³/mol. The molecule has 2 aromatic heterocycles. The molecule has 1 aromatic carbocycles. The number of carbonyl (C=O) groups is 3. The van der Waals surface area contributed by atoms with E-state index in [9.17, 15) is 23.8 Å². The molecular formula is C55H93N8O9P. The number of aromatic nitrogens is 7. The van der Waals surface area contributed by atoms with Gasteiger partial charge in [0.1, 0.15) is 6.61 Å². The van der Waals surface area contributed by atoms with Gasteiger partial charge in [0.05, 0.1) is 18.9 Å². The van der Waals surface area contributed by atoms with Gasteiger partial charge in [-0.1, -0.05) is 210 Å². The molecule has 0 saturated heterocycles. The van der Waals surface area contributed by atoms with Crippen LogP contribution in [-0.2, 0) is 56.9 Å². The monoisotopic (exact) mass is 1040 g/mol. The van der Waals surface area contributed by atoms with Crippen LogP contribution in [0.2, 0.25) is 0 Å². The van der Waals surface area contributed by atoms with Crippen LogP contribution >= 0.6 is 7.82 Å². The van der Waals surface area contributed by atoms with Crippen LogP contribution in [0.5, 0.6) is 0 Å². The third-order valence-corrected chi connectivity index (χ3v) is 13.8. The first-order valence-electron chi connectivity index (χ1n) is 28.4. The van der Waals surface area contributed by atoms with Gasteiger partial charge in [0, 0.05) is 57.0 Å². The second-order valence-electron chi connectivity index (χ2n) is 19.5. The predicted octanol–water partition coefficient (Wildman–Crippen LogP) is 12.5. The molecule has 18 heteroatoms. The van der Waals surface area contributed by atoms with Crippen molar-refractivity contribution in [3.63, 3.8) is 0 Å². The van der Waals surface area contributed by atoms with E-state index in [1.165, 1.54) is 116 Å². The molecule has 0 aliphatic heterocycles. The Kier molecular flexibility index (Phi) is 36.4. The van der Waals surface area contributed by atoms with Crippen molar-refractivity contribution in [2.24, 2.45) is 0 Å². The van der Waals surface area contributed by atoms with E-state index in [1.54, 1.807) is 4.68 Å². The van der Waals surface area contributed by atoms with E-state index in [1.807, 2.05) is 36.5 Å². The Morgan fingerprint density at radius 3 is 1.66 bits per heavy atom. The smallest absolute Gasteiger partial charge is 0.462 e. The van der Waals surface area contributed by atoms with Gasteiger partial charge >= 0.3 is 19.8 Å². The minimum absolute atomic E-state index is 0.00282. The van der Waals surface area contributed by atoms with E-state index in [4.69, 9.17) is 18.5 Å². The van der Waals surface area contributed by atoms with Crippen LogP contribution in [0.1, 0.15) is 231 Å². The summed E-state index contributed by atoms with van der Waals surface area (Å²) < 4.78 is 35.9. The third kappa shape index (κ3) is 34.1. The standard InChI is InChI=1S/C55H93N8O9P/c1-3-5-7-9-11-13-15-17-19-21-23-25-32-38-53(65)69-46-50(72-54(66)39-33-26-24-22-20-18-16-14-12-10-8-6-4-2)47-71-73(67,68)70-44-42-56-52(64)37-31-28-34-43-63-45-49(57-62-63)40-41-51-58-60-55(61-59-51)48-35-29-27-30-36-48/h27,29-30,35-36,45,50H,3-26,28,31-34,37-44,46-47H2,1-2H3,(H,56,64)(H,67,68). The van der Waals surface area contributed by atoms with E-state index in [0.29, 0.717) is 50.3 Å². The molecule has 3 aromatic rings. The molecule has 0 aliphatic rings. The van der Waals surface area contributed by atoms with Gasteiger partial charge in [-0.25, -0.2) is 4.57 Å². The van der Waals surface area contributed by atoms with Crippen LogP contribution in [0.4, 0.5) is 0 Å². The lowest BCUT2D eigenvalue weighted by Crippen LogP contribution is -2.30. The van der Waals surface area contributed by atoms with Crippen molar-refractivity contribution in [2.45, 2.75) is 245 Å². The van der Waals surface area contributed by atoms with Crippen LogP contribution in [-0.4, -0.2) is 90.6 Å². The van der Waals surface area contributed by atoms with Gasteiger partial charge in [-0.3, -0.25) is 28.1 Å². The highest BCUT2D eigenvalue weighted by Crippen LogP contribution is 2.43. The number of amides is 1. The van der Waals surface area contributed by atoms with Crippen molar-refractivity contribution in [3.8, 4) is 11.4 Å². The zero-order valence-corrected chi connectivity index (χ0v) is 45.8. The largest absolute Gasteiger partial charge is 0.472 e. The number of rotatable bonds is 48. The van der Waals surface area contributed by atoms with E-state index >= 15 is 0 Å². The molecule has 73 heavy (non-hydrogen) atoms. The fraction of sp³-hybridized carbons (Fsp3) is 0.764. The van der Waals surface area contributed by atoms with Crippen LogP contribution in [0.15, 0.2) is 36.5 Å². The van der Waals surface area contributed by atoms with Gasteiger partial charge in [0.2, 0.25) is 11.7 Å². The first kappa shape index (κ1) is 63.1. The molecule has 17 nitrogen and oxygen atoms in total. The van der Waals surface area contributed by atoms with Crippen LogP contribution in [0.3, 0.4) is 0 Å². The molecule has 412 valence electrons. The number of nitrogens with zero attached hydrogens (tertiary/aromatic N) is 7. The number of phosphoric ester groups is 1. The summed E-state index contributed by atoms with van der Waals surface area (Å²) in [5.41, 5.74) is 1.67. The maximum Gasteiger partial charge on any atom is 0.472 e. The topological polar surface area (TPSA) is 220 Å². The Hall–Kier alpha value is -4.18. The second-order valence-corrected chi connectivity index (χ2v) is 21.0. The molecule has 3 rings (SSSR count). The average molecular weight is 1040 g/mol. The molecule has 2 atom stereocenters. The molecule has 0 aliphatic carbocycles. The van der Waals surface area contributed by atoms with Gasteiger partial charge < -0.3 is 19.7 Å². The molecule has 0 fully saturated rings. The number of unbranched alkanes of at least 4 members (excludes halogenated alkanes) is 26. The van der Waals surface area contributed by atoms with E-state index in [-0.39, 0.29) is 44.9 Å². The lowest BCUT2D eigenvalue weighted by Gasteiger charge is -2.20. The first-order chi connectivity index (χ1) is 35.7. The number of aryl methyl sites for hydroxylation is 3. The number of carbonyl (C=O) groups excluding carboxylic acids is 3. The van der Waals surface area contributed by atoms with Gasteiger partial charge in [0.25, 0.3) is 0 Å². The summed E-state index contributed by atoms with van der Waals surface area (Å²) >= 11 is 0. The van der Waals surface area contributed by atoms with Crippen molar-refractivity contribution >= 4 is 25.7 Å². The van der Waals surface area contributed by atoms with E-state index < -0.39 is 32.5 Å². The van der Waals surface area contributed by atoms with Crippen LogP contribution < -0.4 is 5.32 Å². The fourth-order valence-electron chi connectivity index (χ4n) is 8.44. The minimum Gasteiger partial charge on any atom is -0.462 e. The molecule has 0 radical (unpaired) electrons. The van der Waals surface area contributed by atoms with Gasteiger partial charge in [-0.05, 0) is 25.7 Å². The van der Waals surface area contributed by atoms with Gasteiger partial charge in [-0.2, -0.15) is 0 Å². The first-order valence-corrected chi connectivity index (χ1v) is 29.9. The Morgan fingerprint density at radius 2 is 1.10 bits per heavy atom. The molecular weight excluding hydrogens is 948 g/mol. The van der Waals surface area contributed by atoms with Crippen LogP contribution in [0, 0.1) is 0 Å². The summed E-state index contributed by atoms with van der Waals surface area (Å²) in [7, 11) is -4.59. The van der Waals surface area contributed by atoms with Crippen molar-refractivity contribution in [2.75, 3.05) is 26.4 Å². The van der Waals surface area contributed by atoms with Gasteiger partial charge in [-0.15, -0.1) is 25.5 Å². The summed E-state index contributed by atoms with van der Waals surface area (Å²) in [6.45, 7) is 4.07. The lowest BCUT2D eigenvalue weighted by atomic mass is 10.0. The highest BCUT2D eigenvalue weighted by atomic mass is 31.2. The van der Waals surface area contributed by atoms with Crippen molar-refractivity contribution in [3.05, 3.63) is 48.0 Å². The molecule has 2 unspecified atom stereocenters. The highest BCUT2D eigenvalue weighted by molar-refractivity contribution is 7.47. The number of ether oxygens (including phenoxy) is 2. The maximum atomic E-state index is 12.9. The van der Waals surface area contributed by atoms with Crippen molar-refractivity contribution in [1.82, 2.24) is 40.7 Å². The number of hydrogen-bond donors (Lipinski definition) is 2. The average Bonchev–Trinajstić information content (AvgIpc) is 3.86. The van der Waals surface area contributed by atoms with Crippen molar-refractivity contribution in [1.29, 1.82) is 0 Å². The molecule has 0 saturated carbocycles. The van der Waals surface area contributed by atoms with E-state index in [2.05, 4.69) is 49.9 Å².